The topological polar surface area (TPSA) is 78.9 Å². The van der Waals surface area contributed by atoms with Gasteiger partial charge in [0.1, 0.15) is 12.6 Å². The first-order valence-electron chi connectivity index (χ1n) is 12.4. The Bertz CT molecular complexity index is 1080. The maximum Gasteiger partial charge on any atom is 0.410 e. The summed E-state index contributed by atoms with van der Waals surface area (Å²) in [6.07, 6.45) is 1.42. The van der Waals surface area contributed by atoms with Crippen molar-refractivity contribution in [3.63, 3.8) is 0 Å². The van der Waals surface area contributed by atoms with E-state index in [1.54, 1.807) is 11.8 Å². The third kappa shape index (κ3) is 5.89. The van der Waals surface area contributed by atoms with Gasteiger partial charge < -0.3 is 15.2 Å². The number of hydrogen-bond donors (Lipinski definition) is 2. The second-order valence-electron chi connectivity index (χ2n) is 8.80. The van der Waals surface area contributed by atoms with Gasteiger partial charge in [-0.25, -0.2) is 4.79 Å². The van der Waals surface area contributed by atoms with Crippen molar-refractivity contribution in [2.24, 2.45) is 0 Å². The van der Waals surface area contributed by atoms with Gasteiger partial charge in [0, 0.05) is 18.3 Å². The van der Waals surface area contributed by atoms with Gasteiger partial charge in [-0.3, -0.25) is 9.69 Å². The zero-order valence-corrected chi connectivity index (χ0v) is 21.5. The predicted octanol–water partition coefficient (Wildman–Crippen LogP) is 4.59. The lowest BCUT2D eigenvalue weighted by molar-refractivity contribution is -0.125. The summed E-state index contributed by atoms with van der Waals surface area (Å²) in [5.74, 6) is -0.294. The third-order valence-electron chi connectivity index (χ3n) is 6.42. The molecule has 7 heteroatoms. The molecule has 0 spiro atoms. The Hall–Kier alpha value is -3.55. The van der Waals surface area contributed by atoms with E-state index in [1.165, 1.54) is 11.0 Å². The lowest BCUT2D eigenvalue weighted by atomic mass is 9.84. The van der Waals surface area contributed by atoms with E-state index in [2.05, 4.69) is 48.3 Å². The number of nitrogens with one attached hydrogen (secondary N) is 1. The molecule has 1 saturated heterocycles. The second kappa shape index (κ2) is 12.6. The molecular formula is C30H32N2O4S. The van der Waals surface area contributed by atoms with E-state index < -0.39 is 16.9 Å². The molecule has 6 nitrogen and oxygen atoms in total. The molecule has 0 radical (unpaired) electrons. The number of benzene rings is 3. The number of amides is 2. The Balaban J connectivity index is 1.76. The van der Waals surface area contributed by atoms with Crippen LogP contribution in [0.15, 0.2) is 104 Å². The van der Waals surface area contributed by atoms with Crippen molar-refractivity contribution in [2.75, 3.05) is 26.3 Å². The van der Waals surface area contributed by atoms with Crippen LogP contribution >= 0.6 is 11.8 Å². The second-order valence-corrected chi connectivity index (χ2v) is 10.3. The summed E-state index contributed by atoms with van der Waals surface area (Å²) in [5, 5.41) is 11.9. The first-order valence-corrected chi connectivity index (χ1v) is 13.3. The van der Waals surface area contributed by atoms with Crippen LogP contribution in [0.4, 0.5) is 4.79 Å². The number of aliphatic hydroxyl groups is 1. The summed E-state index contributed by atoms with van der Waals surface area (Å²) in [6.45, 7) is 3.99. The van der Waals surface area contributed by atoms with Crippen LogP contribution in [0, 0.1) is 0 Å². The van der Waals surface area contributed by atoms with Crippen molar-refractivity contribution in [3.8, 4) is 0 Å². The lowest BCUT2D eigenvalue weighted by Gasteiger charge is -2.37. The first-order chi connectivity index (χ1) is 18.1. The summed E-state index contributed by atoms with van der Waals surface area (Å²) >= 11 is 1.75. The quantitative estimate of drug-likeness (QED) is 0.305. The largest absolute Gasteiger partial charge is 0.445 e. The summed E-state index contributed by atoms with van der Waals surface area (Å²) in [4.78, 5) is 27.4. The van der Waals surface area contributed by atoms with Crippen molar-refractivity contribution in [1.82, 2.24) is 10.2 Å². The van der Waals surface area contributed by atoms with E-state index >= 15 is 0 Å². The Morgan fingerprint density at radius 2 is 1.49 bits per heavy atom. The highest BCUT2D eigenvalue weighted by molar-refractivity contribution is 8.01. The van der Waals surface area contributed by atoms with Crippen molar-refractivity contribution >= 4 is 23.8 Å². The number of carbonyl (C=O) groups excluding carboxylic acids is 2. The lowest BCUT2D eigenvalue weighted by Crippen LogP contribution is -2.46. The number of thioether (sulfide) groups is 1. The zero-order chi connectivity index (χ0) is 26.1. The molecule has 0 aromatic heterocycles. The van der Waals surface area contributed by atoms with Gasteiger partial charge in [0.15, 0.2) is 0 Å². The van der Waals surface area contributed by atoms with Crippen LogP contribution < -0.4 is 5.32 Å². The Morgan fingerprint density at radius 3 is 1.95 bits per heavy atom. The molecule has 1 fully saturated rings. The smallest absolute Gasteiger partial charge is 0.410 e. The van der Waals surface area contributed by atoms with Gasteiger partial charge in [-0.15, -0.1) is 11.8 Å². The number of likely N-dealkylation sites (tertiary alicyclic amines) is 1. The summed E-state index contributed by atoms with van der Waals surface area (Å²) in [5.41, 5.74) is 3.35. The van der Waals surface area contributed by atoms with Crippen molar-refractivity contribution in [2.45, 2.75) is 22.5 Å². The van der Waals surface area contributed by atoms with Crippen LogP contribution in [0.1, 0.15) is 23.1 Å². The van der Waals surface area contributed by atoms with Crippen molar-refractivity contribution < 1.29 is 19.4 Å². The van der Waals surface area contributed by atoms with Gasteiger partial charge >= 0.3 is 6.09 Å². The van der Waals surface area contributed by atoms with E-state index in [9.17, 15) is 14.7 Å². The average Bonchev–Trinajstić information content (AvgIpc) is 3.38. The molecule has 0 unspecified atom stereocenters. The normalized spacial score (nSPS) is 17.3. The van der Waals surface area contributed by atoms with Gasteiger partial charge in [-0.2, -0.15) is 0 Å². The molecule has 1 aliphatic rings. The molecule has 0 aliphatic carbocycles. The molecule has 3 aromatic carbocycles. The van der Waals surface area contributed by atoms with E-state index in [-0.39, 0.29) is 30.9 Å². The van der Waals surface area contributed by atoms with Crippen LogP contribution in [0.2, 0.25) is 0 Å². The average molecular weight is 517 g/mol. The third-order valence-corrected chi connectivity index (χ3v) is 8.16. The molecule has 2 atom stereocenters. The SMILES string of the molecule is C=CCOC(=O)N1C[C@@H](SC(c2ccccc2)(c2ccccc2)c2ccccc2)C[C@H]1C(=O)NCCO. The minimum absolute atomic E-state index is 0.0678. The minimum Gasteiger partial charge on any atom is -0.445 e. The van der Waals surface area contributed by atoms with Crippen LogP contribution in [0.3, 0.4) is 0 Å². The van der Waals surface area contributed by atoms with E-state index in [0.717, 1.165) is 16.7 Å². The number of carbonyl (C=O) groups is 2. The van der Waals surface area contributed by atoms with E-state index in [4.69, 9.17) is 4.74 Å². The number of ether oxygens (including phenoxy) is 1. The van der Waals surface area contributed by atoms with Crippen LogP contribution in [-0.2, 0) is 14.3 Å². The summed E-state index contributed by atoms with van der Waals surface area (Å²) < 4.78 is 4.75. The van der Waals surface area contributed by atoms with Gasteiger partial charge in [0.2, 0.25) is 5.91 Å². The maximum atomic E-state index is 13.0. The zero-order valence-electron chi connectivity index (χ0n) is 20.7. The standard InChI is InChI=1S/C30H32N2O4S/c1-2-20-36-29(35)32-22-26(21-27(32)28(34)31-18-19-33)37-30(23-12-6-3-7-13-23,24-14-8-4-9-15-24)25-16-10-5-11-17-25/h2-17,26-27,33H,1,18-22H2,(H,31,34)/t26-,27-/m0/s1. The Kier molecular flexibility index (Phi) is 9.04. The fraction of sp³-hybridized carbons (Fsp3) is 0.267. The van der Waals surface area contributed by atoms with Gasteiger partial charge in [0.25, 0.3) is 0 Å². The fourth-order valence-electron chi connectivity index (χ4n) is 4.82. The minimum atomic E-state index is -0.693. The molecular weight excluding hydrogens is 484 g/mol. The molecule has 3 aromatic rings. The Morgan fingerprint density at radius 1 is 0.973 bits per heavy atom. The van der Waals surface area contributed by atoms with Crippen molar-refractivity contribution in [3.05, 3.63) is 120 Å². The van der Waals surface area contributed by atoms with Gasteiger partial charge in [0.05, 0.1) is 11.4 Å². The predicted molar refractivity (Wildman–Crippen MR) is 147 cm³/mol. The molecule has 0 bridgehead atoms. The van der Waals surface area contributed by atoms with Gasteiger partial charge in [-0.1, -0.05) is 104 Å². The molecule has 2 N–H and O–H groups in total. The Labute approximate surface area is 222 Å². The molecule has 1 heterocycles. The maximum absolute atomic E-state index is 13.0. The molecule has 0 saturated carbocycles. The van der Waals surface area contributed by atoms with Crippen LogP contribution in [0.5, 0.6) is 0 Å². The first kappa shape index (κ1) is 26.5. The number of nitrogens with zero attached hydrogens (tertiary/aromatic N) is 1. The molecule has 4 rings (SSSR count). The highest BCUT2D eigenvalue weighted by Gasteiger charge is 2.46. The highest BCUT2D eigenvalue weighted by Crippen LogP contribution is 2.52. The number of hydrogen-bond acceptors (Lipinski definition) is 5. The summed E-state index contributed by atoms with van der Waals surface area (Å²) in [7, 11) is 0. The van der Waals surface area contributed by atoms with Crippen molar-refractivity contribution in [1.29, 1.82) is 0 Å². The highest BCUT2D eigenvalue weighted by atomic mass is 32.2. The number of rotatable bonds is 10. The fourth-order valence-corrected chi connectivity index (χ4v) is 6.65. The molecule has 1 aliphatic heterocycles. The van der Waals surface area contributed by atoms with Gasteiger partial charge in [-0.05, 0) is 23.1 Å². The summed E-state index contributed by atoms with van der Waals surface area (Å²) in [6, 6.07) is 30.3. The van der Waals surface area contributed by atoms with Crippen LogP contribution in [0.25, 0.3) is 0 Å². The van der Waals surface area contributed by atoms with E-state index in [1.807, 2.05) is 54.6 Å². The number of aliphatic hydroxyl groups excluding tert-OH is 1. The molecule has 37 heavy (non-hydrogen) atoms. The van der Waals surface area contributed by atoms with Crippen LogP contribution in [-0.4, -0.2) is 59.6 Å². The monoisotopic (exact) mass is 516 g/mol. The molecule has 2 amide bonds. The molecule has 192 valence electrons. The van der Waals surface area contributed by atoms with E-state index in [0.29, 0.717) is 13.0 Å².